The number of carbonyl (C=O) groups is 1. The Labute approximate surface area is 136 Å². The fraction of sp³-hybridized carbons (Fsp3) is 0.125. The van der Waals surface area contributed by atoms with Crippen LogP contribution >= 0.6 is 0 Å². The van der Waals surface area contributed by atoms with Gasteiger partial charge in [-0.2, -0.15) is 0 Å². The van der Waals surface area contributed by atoms with Gasteiger partial charge in [0.25, 0.3) is 0 Å². The molecule has 0 saturated heterocycles. The molecule has 1 aromatic heterocycles. The minimum Gasteiger partial charge on any atom is -0.487 e. The van der Waals surface area contributed by atoms with E-state index in [-0.39, 0.29) is 19.0 Å². The zero-order valence-electron chi connectivity index (χ0n) is 12.5. The fourth-order valence-corrected chi connectivity index (χ4v) is 1.99. The van der Waals surface area contributed by atoms with Crippen molar-refractivity contribution in [3.05, 3.63) is 66.2 Å². The zero-order chi connectivity index (χ0) is 16.8. The molecule has 0 N–H and O–H groups in total. The summed E-state index contributed by atoms with van der Waals surface area (Å²) in [5.74, 6) is -0.853. The van der Waals surface area contributed by atoms with E-state index in [1.54, 1.807) is 36.4 Å². The van der Waals surface area contributed by atoms with Crippen LogP contribution in [0.25, 0.3) is 5.69 Å². The Morgan fingerprint density at radius 3 is 2.79 bits per heavy atom. The molecule has 1 heterocycles. The average Bonchev–Trinajstić information content (AvgIpc) is 3.15. The number of carbonyl (C=O) groups excluding carboxylic acids is 1. The smallest absolute Gasteiger partial charge is 0.338 e. The summed E-state index contributed by atoms with van der Waals surface area (Å²) in [4.78, 5) is 12.0. The van der Waals surface area contributed by atoms with Gasteiger partial charge in [-0.15, -0.1) is 5.10 Å². The molecule has 0 bridgehead atoms. The number of para-hydroxylation sites is 1. The lowest BCUT2D eigenvalue weighted by molar-refractivity contribution is 0.0448. The number of ether oxygens (including phenoxy) is 2. The number of tetrazole rings is 1. The first-order valence-electron chi connectivity index (χ1n) is 7.12. The molecule has 0 atom stereocenters. The van der Waals surface area contributed by atoms with Crippen molar-refractivity contribution in [2.45, 2.75) is 0 Å². The van der Waals surface area contributed by atoms with Gasteiger partial charge in [0.05, 0.1) is 11.3 Å². The van der Waals surface area contributed by atoms with E-state index in [2.05, 4.69) is 15.5 Å². The Kier molecular flexibility index (Phi) is 4.76. The summed E-state index contributed by atoms with van der Waals surface area (Å²) in [7, 11) is 0. The van der Waals surface area contributed by atoms with Crippen LogP contribution in [0.1, 0.15) is 10.4 Å². The van der Waals surface area contributed by atoms with E-state index in [0.717, 1.165) is 0 Å². The van der Waals surface area contributed by atoms with Crippen molar-refractivity contribution in [3.63, 3.8) is 0 Å². The number of hydrogen-bond donors (Lipinski definition) is 0. The lowest BCUT2D eigenvalue weighted by Crippen LogP contribution is -2.13. The fourth-order valence-electron chi connectivity index (χ4n) is 1.99. The summed E-state index contributed by atoms with van der Waals surface area (Å²) in [5, 5.41) is 10.8. The highest BCUT2D eigenvalue weighted by Crippen LogP contribution is 2.15. The molecule has 122 valence electrons. The van der Waals surface area contributed by atoms with Crippen LogP contribution < -0.4 is 4.74 Å². The van der Waals surface area contributed by atoms with Crippen molar-refractivity contribution in [2.75, 3.05) is 13.2 Å². The van der Waals surface area contributed by atoms with Gasteiger partial charge >= 0.3 is 5.97 Å². The second-order valence-electron chi connectivity index (χ2n) is 4.72. The molecule has 8 heteroatoms. The molecule has 0 unspecified atom stereocenters. The molecule has 0 radical (unpaired) electrons. The first-order valence-corrected chi connectivity index (χ1v) is 7.12. The van der Waals surface area contributed by atoms with Gasteiger partial charge in [0.15, 0.2) is 11.6 Å². The molecule has 0 amide bonds. The van der Waals surface area contributed by atoms with Gasteiger partial charge in [-0.05, 0) is 40.8 Å². The monoisotopic (exact) mass is 328 g/mol. The van der Waals surface area contributed by atoms with Crippen LogP contribution in [0.5, 0.6) is 5.75 Å². The topological polar surface area (TPSA) is 79.1 Å². The van der Waals surface area contributed by atoms with Crippen molar-refractivity contribution < 1.29 is 18.7 Å². The predicted octanol–water partition coefficient (Wildman–Crippen LogP) is 2.04. The minimum atomic E-state index is -0.512. The second kappa shape index (κ2) is 7.32. The van der Waals surface area contributed by atoms with E-state index in [1.807, 2.05) is 0 Å². The molecular formula is C16H13FN4O3. The van der Waals surface area contributed by atoms with Crippen LogP contribution in [0, 0.1) is 5.82 Å². The van der Waals surface area contributed by atoms with Gasteiger partial charge in [0, 0.05) is 0 Å². The summed E-state index contributed by atoms with van der Waals surface area (Å²) in [6.07, 6.45) is 1.42. The lowest BCUT2D eigenvalue weighted by Gasteiger charge is -2.08. The maximum atomic E-state index is 13.4. The summed E-state index contributed by atoms with van der Waals surface area (Å²) < 4.78 is 25.1. The van der Waals surface area contributed by atoms with Gasteiger partial charge in [0.1, 0.15) is 19.5 Å². The number of nitrogens with zero attached hydrogens (tertiary/aromatic N) is 4. The standard InChI is InChI=1S/C16H13FN4O3/c17-14-6-1-2-7-15(14)23-8-9-24-16(22)12-4-3-5-13(10-12)21-11-18-19-20-21/h1-7,10-11H,8-9H2. The Hall–Kier alpha value is -3.29. The minimum absolute atomic E-state index is 0.00226. The van der Waals surface area contributed by atoms with Crippen molar-refractivity contribution in [1.82, 2.24) is 20.2 Å². The molecule has 0 spiro atoms. The molecule has 7 nitrogen and oxygen atoms in total. The van der Waals surface area contributed by atoms with E-state index in [4.69, 9.17) is 9.47 Å². The van der Waals surface area contributed by atoms with Gasteiger partial charge in [-0.3, -0.25) is 0 Å². The average molecular weight is 328 g/mol. The molecule has 0 saturated carbocycles. The molecule has 0 aliphatic carbocycles. The number of hydrogen-bond acceptors (Lipinski definition) is 6. The molecule has 2 aromatic carbocycles. The quantitative estimate of drug-likeness (QED) is 0.509. The maximum absolute atomic E-state index is 13.4. The normalized spacial score (nSPS) is 10.4. The highest BCUT2D eigenvalue weighted by Gasteiger charge is 2.09. The van der Waals surface area contributed by atoms with Crippen LogP contribution in [0.2, 0.25) is 0 Å². The summed E-state index contributed by atoms with van der Waals surface area (Å²) >= 11 is 0. The van der Waals surface area contributed by atoms with Crippen LogP contribution in [-0.4, -0.2) is 39.4 Å². The molecule has 0 fully saturated rings. The molecule has 3 rings (SSSR count). The SMILES string of the molecule is O=C(OCCOc1ccccc1F)c1cccc(-n2cnnn2)c1. The van der Waals surface area contributed by atoms with Crippen LogP contribution in [0.15, 0.2) is 54.9 Å². The number of aromatic nitrogens is 4. The largest absolute Gasteiger partial charge is 0.487 e. The molecule has 0 aliphatic heterocycles. The Bertz CT molecular complexity index is 824. The zero-order valence-corrected chi connectivity index (χ0v) is 12.5. The van der Waals surface area contributed by atoms with Crippen LogP contribution in [-0.2, 0) is 4.74 Å². The van der Waals surface area contributed by atoms with Crippen molar-refractivity contribution in [2.24, 2.45) is 0 Å². The lowest BCUT2D eigenvalue weighted by atomic mass is 10.2. The van der Waals surface area contributed by atoms with E-state index < -0.39 is 11.8 Å². The molecule has 24 heavy (non-hydrogen) atoms. The van der Waals surface area contributed by atoms with Gasteiger partial charge in [0.2, 0.25) is 0 Å². The highest BCUT2D eigenvalue weighted by atomic mass is 19.1. The summed E-state index contributed by atoms with van der Waals surface area (Å²) in [6, 6.07) is 12.7. The molecule has 3 aromatic rings. The Morgan fingerprint density at radius 1 is 1.12 bits per heavy atom. The van der Waals surface area contributed by atoms with Gasteiger partial charge < -0.3 is 9.47 Å². The van der Waals surface area contributed by atoms with Crippen LogP contribution in [0.3, 0.4) is 0 Å². The van der Waals surface area contributed by atoms with Crippen molar-refractivity contribution in [1.29, 1.82) is 0 Å². The van der Waals surface area contributed by atoms with Crippen molar-refractivity contribution >= 4 is 5.97 Å². The van der Waals surface area contributed by atoms with E-state index >= 15 is 0 Å². The van der Waals surface area contributed by atoms with Crippen molar-refractivity contribution in [3.8, 4) is 11.4 Å². The summed E-state index contributed by atoms with van der Waals surface area (Å²) in [6.45, 7) is 0.0572. The summed E-state index contributed by atoms with van der Waals surface area (Å²) in [5.41, 5.74) is 0.992. The van der Waals surface area contributed by atoms with E-state index in [0.29, 0.717) is 11.3 Å². The van der Waals surface area contributed by atoms with Crippen LogP contribution in [0.4, 0.5) is 4.39 Å². The molecular weight excluding hydrogens is 315 g/mol. The Balaban J connectivity index is 1.54. The third-order valence-electron chi connectivity index (χ3n) is 3.11. The maximum Gasteiger partial charge on any atom is 0.338 e. The highest BCUT2D eigenvalue weighted by molar-refractivity contribution is 5.90. The number of esters is 1. The second-order valence-corrected chi connectivity index (χ2v) is 4.72. The third-order valence-corrected chi connectivity index (χ3v) is 3.11. The van der Waals surface area contributed by atoms with E-state index in [1.165, 1.54) is 23.1 Å². The number of halogens is 1. The number of rotatable bonds is 6. The van der Waals surface area contributed by atoms with E-state index in [9.17, 15) is 9.18 Å². The third kappa shape index (κ3) is 3.72. The predicted molar refractivity (Wildman–Crippen MR) is 81.3 cm³/mol. The number of benzene rings is 2. The first kappa shape index (κ1) is 15.6. The van der Waals surface area contributed by atoms with Gasteiger partial charge in [-0.25, -0.2) is 13.9 Å². The molecule has 0 aliphatic rings. The Morgan fingerprint density at radius 2 is 2.00 bits per heavy atom. The van der Waals surface area contributed by atoms with Gasteiger partial charge in [-0.1, -0.05) is 18.2 Å². The first-order chi connectivity index (χ1) is 11.7.